The Bertz CT molecular complexity index is 710. The van der Waals surface area contributed by atoms with Crippen molar-refractivity contribution in [2.45, 2.75) is 27.2 Å². The molecule has 0 amide bonds. The Kier molecular flexibility index (Phi) is 5.20. The number of nitro groups is 1. The third-order valence-corrected chi connectivity index (χ3v) is 3.82. The van der Waals surface area contributed by atoms with Crippen LogP contribution < -0.4 is 10.1 Å². The summed E-state index contributed by atoms with van der Waals surface area (Å²) in [6.45, 7) is 6.96. The predicted octanol–water partition coefficient (Wildman–Crippen LogP) is 3.00. The number of aryl methyl sites for hydroxylation is 2. The zero-order valence-electron chi connectivity index (χ0n) is 13.9. The molecule has 0 bridgehead atoms. The van der Waals surface area contributed by atoms with Crippen LogP contribution in [0.4, 0.5) is 11.4 Å². The number of benzene rings is 1. The molecule has 0 atom stereocenters. The lowest BCUT2D eigenvalue weighted by atomic mass is 10.1. The second-order valence-electron chi connectivity index (χ2n) is 5.32. The highest BCUT2D eigenvalue weighted by Gasteiger charge is 2.15. The fourth-order valence-corrected chi connectivity index (χ4v) is 2.56. The van der Waals surface area contributed by atoms with Crippen LogP contribution >= 0.6 is 0 Å². The van der Waals surface area contributed by atoms with Gasteiger partial charge in [0, 0.05) is 37.1 Å². The lowest BCUT2D eigenvalue weighted by molar-refractivity contribution is -0.385. The number of anilines is 1. The van der Waals surface area contributed by atoms with Crippen molar-refractivity contribution in [1.82, 2.24) is 9.78 Å². The Balaban J connectivity index is 2.06. The minimum atomic E-state index is -0.433. The van der Waals surface area contributed by atoms with Crippen LogP contribution in [-0.4, -0.2) is 27.9 Å². The number of nitro benzene ring substituents is 1. The third-order valence-electron chi connectivity index (χ3n) is 3.82. The number of aromatic nitrogens is 2. The van der Waals surface area contributed by atoms with Crippen LogP contribution in [0, 0.1) is 24.0 Å². The molecule has 0 aliphatic carbocycles. The van der Waals surface area contributed by atoms with Crippen LogP contribution in [0.2, 0.25) is 0 Å². The molecule has 1 aromatic heterocycles. The van der Waals surface area contributed by atoms with Gasteiger partial charge in [0.05, 0.1) is 17.2 Å². The molecule has 2 rings (SSSR count). The zero-order valence-corrected chi connectivity index (χ0v) is 13.9. The van der Waals surface area contributed by atoms with Crippen LogP contribution in [0.1, 0.15) is 23.9 Å². The van der Waals surface area contributed by atoms with Crippen molar-refractivity contribution in [1.29, 1.82) is 0 Å². The first kappa shape index (κ1) is 16.8. The summed E-state index contributed by atoms with van der Waals surface area (Å²) in [6.07, 6.45) is 0.840. The maximum absolute atomic E-state index is 11.0. The highest BCUT2D eigenvalue weighted by Crippen LogP contribution is 2.30. The summed E-state index contributed by atoms with van der Waals surface area (Å²) >= 11 is 0. The zero-order chi connectivity index (χ0) is 17.0. The van der Waals surface area contributed by atoms with E-state index in [9.17, 15) is 10.1 Å². The van der Waals surface area contributed by atoms with Crippen molar-refractivity contribution < 1.29 is 9.66 Å². The summed E-state index contributed by atoms with van der Waals surface area (Å²) in [5.74, 6) is 0.288. The van der Waals surface area contributed by atoms with Gasteiger partial charge in [0.15, 0.2) is 5.75 Å². The topological polar surface area (TPSA) is 82.2 Å². The first-order valence-corrected chi connectivity index (χ1v) is 7.58. The molecule has 23 heavy (non-hydrogen) atoms. The molecule has 0 spiro atoms. The Hall–Kier alpha value is -2.57. The van der Waals surface area contributed by atoms with E-state index < -0.39 is 4.92 Å². The van der Waals surface area contributed by atoms with Crippen molar-refractivity contribution >= 4 is 11.4 Å². The van der Waals surface area contributed by atoms with Crippen molar-refractivity contribution in [2.24, 2.45) is 7.05 Å². The molecule has 0 radical (unpaired) electrons. The fourth-order valence-electron chi connectivity index (χ4n) is 2.56. The second-order valence-corrected chi connectivity index (χ2v) is 5.32. The van der Waals surface area contributed by atoms with Crippen LogP contribution in [0.15, 0.2) is 18.2 Å². The van der Waals surface area contributed by atoms with E-state index >= 15 is 0 Å². The number of ether oxygens (including phenoxy) is 1. The van der Waals surface area contributed by atoms with Crippen LogP contribution in [0.5, 0.6) is 5.75 Å². The number of nitrogens with one attached hydrogen (secondary N) is 1. The van der Waals surface area contributed by atoms with Gasteiger partial charge < -0.3 is 10.1 Å². The smallest absolute Gasteiger partial charge is 0.311 e. The van der Waals surface area contributed by atoms with E-state index in [2.05, 4.69) is 17.3 Å². The van der Waals surface area contributed by atoms with E-state index in [4.69, 9.17) is 4.74 Å². The van der Waals surface area contributed by atoms with Gasteiger partial charge in [-0.2, -0.15) is 5.10 Å². The average Bonchev–Trinajstić information content (AvgIpc) is 2.74. The monoisotopic (exact) mass is 318 g/mol. The second kappa shape index (κ2) is 7.13. The van der Waals surface area contributed by atoms with E-state index in [0.29, 0.717) is 6.61 Å². The summed E-state index contributed by atoms with van der Waals surface area (Å²) in [4.78, 5) is 10.5. The van der Waals surface area contributed by atoms with Gasteiger partial charge in [0.25, 0.3) is 0 Å². The fraction of sp³-hybridized carbons (Fsp3) is 0.438. The van der Waals surface area contributed by atoms with E-state index in [1.807, 2.05) is 18.7 Å². The molecule has 0 saturated heterocycles. The van der Waals surface area contributed by atoms with E-state index in [-0.39, 0.29) is 11.4 Å². The van der Waals surface area contributed by atoms with Gasteiger partial charge in [0.2, 0.25) is 0 Å². The Morgan fingerprint density at radius 2 is 2.13 bits per heavy atom. The molecule has 1 heterocycles. The van der Waals surface area contributed by atoms with Gasteiger partial charge in [-0.05, 0) is 38.8 Å². The Morgan fingerprint density at radius 1 is 1.39 bits per heavy atom. The van der Waals surface area contributed by atoms with Crippen molar-refractivity contribution in [2.75, 3.05) is 18.5 Å². The average molecular weight is 318 g/mol. The van der Waals surface area contributed by atoms with Crippen LogP contribution in [0.3, 0.4) is 0 Å². The molecule has 1 N–H and O–H groups in total. The maximum atomic E-state index is 11.0. The van der Waals surface area contributed by atoms with Gasteiger partial charge in [0.1, 0.15) is 0 Å². The molecule has 1 aromatic carbocycles. The van der Waals surface area contributed by atoms with Crippen molar-refractivity contribution in [3.05, 3.63) is 45.3 Å². The predicted molar refractivity (Wildman–Crippen MR) is 89.1 cm³/mol. The summed E-state index contributed by atoms with van der Waals surface area (Å²) in [6, 6.07) is 4.84. The van der Waals surface area contributed by atoms with Gasteiger partial charge in [-0.15, -0.1) is 0 Å². The quantitative estimate of drug-likeness (QED) is 0.627. The standard InChI is InChI=1S/C16H22N4O3/c1-5-23-16-10-13(6-7-15(16)20(21)22)17-9-8-14-11(2)18-19(4)12(14)3/h6-7,10,17H,5,8-9H2,1-4H3. The lowest BCUT2D eigenvalue weighted by Gasteiger charge is -2.10. The molecule has 124 valence electrons. The first-order chi connectivity index (χ1) is 10.9. The number of hydrogen-bond acceptors (Lipinski definition) is 5. The van der Waals surface area contributed by atoms with E-state index in [1.165, 1.54) is 11.6 Å². The minimum absolute atomic E-state index is 0.0173. The molecule has 7 heteroatoms. The van der Waals surface area contributed by atoms with Gasteiger partial charge in [-0.1, -0.05) is 0 Å². The minimum Gasteiger partial charge on any atom is -0.487 e. The molecular formula is C16H22N4O3. The molecule has 0 unspecified atom stereocenters. The van der Waals surface area contributed by atoms with E-state index in [1.54, 1.807) is 19.1 Å². The summed E-state index contributed by atoms with van der Waals surface area (Å²) < 4.78 is 7.23. The Morgan fingerprint density at radius 3 is 2.70 bits per heavy atom. The molecule has 7 nitrogen and oxygen atoms in total. The molecule has 2 aromatic rings. The molecule has 0 aliphatic heterocycles. The maximum Gasteiger partial charge on any atom is 0.311 e. The summed E-state index contributed by atoms with van der Waals surface area (Å²) in [7, 11) is 1.93. The SMILES string of the molecule is CCOc1cc(NCCc2c(C)nn(C)c2C)ccc1[N+](=O)[O-]. The Labute approximate surface area is 135 Å². The van der Waals surface area contributed by atoms with Crippen molar-refractivity contribution in [3.8, 4) is 5.75 Å². The van der Waals surface area contributed by atoms with Crippen LogP contribution in [-0.2, 0) is 13.5 Å². The first-order valence-electron chi connectivity index (χ1n) is 7.58. The normalized spacial score (nSPS) is 10.6. The van der Waals surface area contributed by atoms with Gasteiger partial charge >= 0.3 is 5.69 Å². The molecule has 0 saturated carbocycles. The molecule has 0 aliphatic rings. The number of rotatable bonds is 7. The summed E-state index contributed by atoms with van der Waals surface area (Å²) in [5.41, 5.74) is 4.20. The van der Waals surface area contributed by atoms with E-state index in [0.717, 1.165) is 30.0 Å². The van der Waals surface area contributed by atoms with Crippen molar-refractivity contribution in [3.63, 3.8) is 0 Å². The van der Waals surface area contributed by atoms with Gasteiger partial charge in [-0.25, -0.2) is 0 Å². The van der Waals surface area contributed by atoms with Gasteiger partial charge in [-0.3, -0.25) is 14.8 Å². The van der Waals surface area contributed by atoms with Crippen LogP contribution in [0.25, 0.3) is 0 Å². The molecular weight excluding hydrogens is 296 g/mol. The highest BCUT2D eigenvalue weighted by atomic mass is 16.6. The lowest BCUT2D eigenvalue weighted by Crippen LogP contribution is -2.07. The largest absolute Gasteiger partial charge is 0.487 e. The molecule has 0 fully saturated rings. The number of nitrogens with zero attached hydrogens (tertiary/aromatic N) is 3. The number of hydrogen-bond donors (Lipinski definition) is 1. The highest BCUT2D eigenvalue weighted by molar-refractivity contribution is 5.58. The summed E-state index contributed by atoms with van der Waals surface area (Å²) in [5, 5.41) is 18.7. The third kappa shape index (κ3) is 3.80.